The van der Waals surface area contributed by atoms with Crippen molar-refractivity contribution in [2.75, 3.05) is 13.1 Å². The molecule has 0 spiro atoms. The van der Waals surface area contributed by atoms with E-state index >= 15 is 0 Å². The van der Waals surface area contributed by atoms with Gasteiger partial charge < -0.3 is 10.5 Å². The number of ether oxygens (including phenoxy) is 1. The Bertz CT molecular complexity index is 1030. The van der Waals surface area contributed by atoms with Crippen molar-refractivity contribution in [3.05, 3.63) is 16.8 Å². The molecule has 0 radical (unpaired) electrons. The Labute approximate surface area is 183 Å². The zero-order valence-electron chi connectivity index (χ0n) is 17.2. The van der Waals surface area contributed by atoms with E-state index in [1.165, 1.54) is 10.4 Å². The zero-order chi connectivity index (χ0) is 21.3. The zero-order valence-corrected chi connectivity index (χ0v) is 18.0. The predicted molar refractivity (Wildman–Crippen MR) is 112 cm³/mol. The number of amides is 1. The molecule has 0 aromatic carbocycles. The van der Waals surface area contributed by atoms with Crippen LogP contribution in [0.1, 0.15) is 54.9 Å². The minimum Gasteiger partial charge on any atom is -0.474 e. The number of alkyl halides is 2. The molecule has 9 heteroatoms. The summed E-state index contributed by atoms with van der Waals surface area (Å²) in [4.78, 5) is 25.1. The van der Waals surface area contributed by atoms with Gasteiger partial charge in [-0.3, -0.25) is 9.69 Å². The number of primary amides is 1. The van der Waals surface area contributed by atoms with Gasteiger partial charge in [-0.05, 0) is 43.6 Å². The van der Waals surface area contributed by atoms with Crippen LogP contribution in [0.3, 0.4) is 0 Å². The molecular weight excluding hydrogens is 422 g/mol. The molecule has 2 aromatic rings. The SMILES string of the molecule is NC(=O)C1C2Cc3sc4ncnc(OC5CCC(N6CCC(F)(F)CC6)CC5)c4c3C21. The Morgan fingerprint density at radius 2 is 1.94 bits per heavy atom. The van der Waals surface area contributed by atoms with Gasteiger partial charge in [0.05, 0.1) is 5.39 Å². The summed E-state index contributed by atoms with van der Waals surface area (Å²) in [6.07, 6.45) is 6.17. The number of halogens is 2. The van der Waals surface area contributed by atoms with Crippen LogP contribution < -0.4 is 10.5 Å². The molecule has 3 fully saturated rings. The van der Waals surface area contributed by atoms with Gasteiger partial charge in [0.1, 0.15) is 17.3 Å². The standard InChI is InChI=1S/C22H26F2N4O2S/c23-22(24)5-7-28(8-6-22)11-1-3-12(4-2-11)30-20-18-17-14(31-21(18)27-10-26-20)9-13-15(17)16(13)19(25)29/h10-13,15-16H,1-9H2,(H2,25,29). The molecule has 3 unspecified atom stereocenters. The molecule has 2 N–H and O–H groups in total. The molecule has 4 aliphatic rings. The smallest absolute Gasteiger partial charge is 0.250 e. The van der Waals surface area contributed by atoms with E-state index in [4.69, 9.17) is 10.5 Å². The predicted octanol–water partition coefficient (Wildman–Crippen LogP) is 3.48. The van der Waals surface area contributed by atoms with Gasteiger partial charge in [0.2, 0.25) is 11.8 Å². The molecule has 0 bridgehead atoms. The minimum atomic E-state index is -2.50. The van der Waals surface area contributed by atoms with Crippen molar-refractivity contribution in [1.82, 2.24) is 14.9 Å². The third-order valence-electron chi connectivity index (χ3n) is 7.79. The number of hydrogen-bond donors (Lipinski definition) is 1. The van der Waals surface area contributed by atoms with Gasteiger partial charge in [0, 0.05) is 48.7 Å². The number of hydrogen-bond acceptors (Lipinski definition) is 6. The number of fused-ring (bicyclic) bond motifs is 5. The maximum absolute atomic E-state index is 13.5. The second kappa shape index (κ2) is 7.07. The molecule has 1 saturated heterocycles. The van der Waals surface area contributed by atoms with Crippen LogP contribution in [0.15, 0.2) is 6.33 Å². The van der Waals surface area contributed by atoms with Crippen molar-refractivity contribution in [2.45, 2.75) is 68.9 Å². The van der Waals surface area contributed by atoms with E-state index in [1.54, 1.807) is 17.7 Å². The van der Waals surface area contributed by atoms with Crippen molar-refractivity contribution >= 4 is 27.5 Å². The molecule has 3 aliphatic carbocycles. The molecule has 2 aromatic heterocycles. The summed E-state index contributed by atoms with van der Waals surface area (Å²) >= 11 is 1.68. The molecule has 1 amide bonds. The Balaban J connectivity index is 1.15. The average Bonchev–Trinajstić information content (AvgIpc) is 3.13. The first-order chi connectivity index (χ1) is 14.9. The third kappa shape index (κ3) is 3.31. The first kappa shape index (κ1) is 19.8. The Hall–Kier alpha value is -1.87. The van der Waals surface area contributed by atoms with Crippen LogP contribution in [0.5, 0.6) is 5.88 Å². The van der Waals surface area contributed by atoms with Gasteiger partial charge in [0.25, 0.3) is 5.92 Å². The number of rotatable bonds is 4. The number of carbonyl (C=O) groups excluding carboxylic acids is 1. The number of carbonyl (C=O) groups is 1. The highest BCUT2D eigenvalue weighted by atomic mass is 32.1. The molecule has 31 heavy (non-hydrogen) atoms. The van der Waals surface area contributed by atoms with E-state index in [9.17, 15) is 13.6 Å². The highest BCUT2D eigenvalue weighted by molar-refractivity contribution is 7.19. The van der Waals surface area contributed by atoms with E-state index < -0.39 is 5.92 Å². The number of aromatic nitrogens is 2. The average molecular weight is 449 g/mol. The van der Waals surface area contributed by atoms with Crippen LogP contribution in [0.4, 0.5) is 8.78 Å². The fourth-order valence-corrected chi connectivity index (χ4v) is 7.35. The summed E-state index contributed by atoms with van der Waals surface area (Å²) in [5.41, 5.74) is 6.78. The molecule has 3 atom stereocenters. The third-order valence-corrected chi connectivity index (χ3v) is 8.92. The van der Waals surface area contributed by atoms with E-state index in [-0.39, 0.29) is 36.7 Å². The van der Waals surface area contributed by atoms with E-state index in [2.05, 4.69) is 14.9 Å². The Morgan fingerprint density at radius 1 is 1.19 bits per heavy atom. The number of thiophene rings is 1. The lowest BCUT2D eigenvalue weighted by Crippen LogP contribution is -2.47. The van der Waals surface area contributed by atoms with Gasteiger partial charge in [-0.25, -0.2) is 18.7 Å². The molecule has 2 saturated carbocycles. The summed E-state index contributed by atoms with van der Waals surface area (Å²) in [5, 5.41) is 0.971. The molecule has 1 aliphatic heterocycles. The highest BCUT2D eigenvalue weighted by Gasteiger charge is 2.60. The minimum absolute atomic E-state index is 0.0277. The normalized spacial score (nSPS) is 34.3. The maximum Gasteiger partial charge on any atom is 0.250 e. The lowest BCUT2D eigenvalue weighted by molar-refractivity contribution is -0.119. The number of nitrogens with two attached hydrogens (primary N) is 1. The number of piperidine rings is 1. The highest BCUT2D eigenvalue weighted by Crippen LogP contribution is 2.65. The monoisotopic (exact) mass is 448 g/mol. The van der Waals surface area contributed by atoms with Crippen molar-refractivity contribution in [1.29, 1.82) is 0 Å². The Kier molecular flexibility index (Phi) is 4.51. The second-order valence-electron chi connectivity index (χ2n) is 9.56. The lowest BCUT2D eigenvalue weighted by Gasteiger charge is -2.40. The first-order valence-corrected chi connectivity index (χ1v) is 12.1. The van der Waals surface area contributed by atoms with E-state index in [0.29, 0.717) is 30.9 Å². The number of likely N-dealkylation sites (tertiary alicyclic amines) is 1. The Morgan fingerprint density at radius 3 is 2.65 bits per heavy atom. The largest absolute Gasteiger partial charge is 0.474 e. The van der Waals surface area contributed by atoms with Crippen molar-refractivity contribution in [2.24, 2.45) is 17.6 Å². The summed E-state index contributed by atoms with van der Waals surface area (Å²) in [6.45, 7) is 0.973. The van der Waals surface area contributed by atoms with Crippen LogP contribution in [-0.4, -0.2) is 51.9 Å². The summed E-state index contributed by atoms with van der Waals surface area (Å²) in [7, 11) is 0. The first-order valence-electron chi connectivity index (χ1n) is 11.3. The molecule has 166 valence electrons. The van der Waals surface area contributed by atoms with E-state index in [0.717, 1.165) is 42.3 Å². The number of nitrogens with zero attached hydrogens (tertiary/aromatic N) is 3. The summed E-state index contributed by atoms with van der Waals surface area (Å²) in [6, 6.07) is 0.371. The van der Waals surface area contributed by atoms with E-state index in [1.807, 2.05) is 0 Å². The summed E-state index contributed by atoms with van der Waals surface area (Å²) < 4.78 is 33.3. The molecule has 6 nitrogen and oxygen atoms in total. The van der Waals surface area contributed by atoms with Crippen molar-refractivity contribution < 1.29 is 18.3 Å². The van der Waals surface area contributed by atoms with Crippen molar-refractivity contribution in [3.8, 4) is 5.88 Å². The fraction of sp³-hybridized carbons (Fsp3) is 0.682. The summed E-state index contributed by atoms with van der Waals surface area (Å²) in [5.74, 6) is -1.62. The van der Waals surface area contributed by atoms with Gasteiger partial charge in [-0.1, -0.05) is 0 Å². The molecule has 6 rings (SSSR count). The van der Waals surface area contributed by atoms with Crippen molar-refractivity contribution in [3.63, 3.8) is 0 Å². The van der Waals surface area contributed by atoms with Crippen LogP contribution in [0, 0.1) is 11.8 Å². The van der Waals surface area contributed by atoms with Gasteiger partial charge in [-0.2, -0.15) is 0 Å². The lowest BCUT2D eigenvalue weighted by atomic mass is 9.90. The van der Waals surface area contributed by atoms with Crippen LogP contribution >= 0.6 is 11.3 Å². The van der Waals surface area contributed by atoms with Crippen LogP contribution in [-0.2, 0) is 11.2 Å². The fourth-order valence-electron chi connectivity index (χ4n) is 6.09. The van der Waals surface area contributed by atoms with Gasteiger partial charge in [-0.15, -0.1) is 11.3 Å². The quantitative estimate of drug-likeness (QED) is 0.775. The van der Waals surface area contributed by atoms with Crippen LogP contribution in [0.2, 0.25) is 0 Å². The van der Waals surface area contributed by atoms with Gasteiger partial charge in [0.15, 0.2) is 0 Å². The molecular formula is C22H26F2N4O2S. The second-order valence-corrected chi connectivity index (χ2v) is 10.6. The maximum atomic E-state index is 13.5. The molecule has 3 heterocycles. The topological polar surface area (TPSA) is 81.3 Å². The van der Waals surface area contributed by atoms with Crippen LogP contribution in [0.25, 0.3) is 10.2 Å². The van der Waals surface area contributed by atoms with Gasteiger partial charge >= 0.3 is 0 Å².